The molecule has 0 saturated heterocycles. The van der Waals surface area contributed by atoms with Gasteiger partial charge in [-0.05, 0) is 50.8 Å². The number of likely N-dealkylation sites (N-methyl/N-ethyl adjacent to an activating group) is 2. The van der Waals surface area contributed by atoms with Crippen molar-refractivity contribution in [1.29, 1.82) is 0 Å². The third kappa shape index (κ3) is 3.55. The molecule has 1 heterocycles. The van der Waals surface area contributed by atoms with Crippen molar-refractivity contribution >= 4 is 0 Å². The lowest BCUT2D eigenvalue weighted by atomic mass is 9.95. The smallest absolute Gasteiger partial charge is 0.0234 e. The number of hydrogen-bond donors (Lipinski definition) is 1. The fourth-order valence-electron chi connectivity index (χ4n) is 2.50. The summed E-state index contributed by atoms with van der Waals surface area (Å²) in [5.41, 5.74) is 4.57. The van der Waals surface area contributed by atoms with E-state index in [2.05, 4.69) is 54.5 Å². The molecule has 1 aromatic carbocycles. The van der Waals surface area contributed by atoms with Crippen molar-refractivity contribution in [2.75, 3.05) is 40.8 Å². The lowest BCUT2D eigenvalue weighted by Gasteiger charge is -2.24. The van der Waals surface area contributed by atoms with Gasteiger partial charge in [0.15, 0.2) is 0 Å². The minimum Gasteiger partial charge on any atom is -0.312 e. The predicted octanol–water partition coefficient (Wildman–Crippen LogP) is 1.33. The lowest BCUT2D eigenvalue weighted by molar-refractivity contribution is 0.275. The summed E-state index contributed by atoms with van der Waals surface area (Å²) in [6.07, 6.45) is 1.17. The Kier molecular flexibility index (Phi) is 4.75. The molecule has 0 bridgehead atoms. The molecule has 3 nitrogen and oxygen atoms in total. The highest BCUT2D eigenvalue weighted by atomic mass is 15.1. The molecule has 100 valence electrons. The van der Waals surface area contributed by atoms with Crippen molar-refractivity contribution in [3.8, 4) is 0 Å². The fourth-order valence-corrected chi connectivity index (χ4v) is 2.50. The molecule has 1 aliphatic rings. The van der Waals surface area contributed by atoms with Crippen LogP contribution < -0.4 is 5.32 Å². The maximum atomic E-state index is 3.44. The van der Waals surface area contributed by atoms with Gasteiger partial charge in [0, 0.05) is 26.2 Å². The average molecular weight is 247 g/mol. The van der Waals surface area contributed by atoms with E-state index in [1.165, 1.54) is 17.5 Å². The number of hydrogen-bond acceptors (Lipinski definition) is 3. The van der Waals surface area contributed by atoms with Crippen LogP contribution in [0.5, 0.6) is 0 Å². The summed E-state index contributed by atoms with van der Waals surface area (Å²) in [5, 5.41) is 3.44. The summed E-state index contributed by atoms with van der Waals surface area (Å²) in [5.74, 6) is 0. The van der Waals surface area contributed by atoms with Gasteiger partial charge in [0.2, 0.25) is 0 Å². The van der Waals surface area contributed by atoms with E-state index in [1.54, 1.807) is 5.56 Å². The summed E-state index contributed by atoms with van der Waals surface area (Å²) in [4.78, 5) is 4.65. The van der Waals surface area contributed by atoms with E-state index in [4.69, 9.17) is 0 Å². The van der Waals surface area contributed by atoms with Crippen LogP contribution in [0.2, 0.25) is 0 Å². The van der Waals surface area contributed by atoms with Crippen LogP contribution in [0.3, 0.4) is 0 Å². The quantitative estimate of drug-likeness (QED) is 0.847. The van der Waals surface area contributed by atoms with Gasteiger partial charge in [0.25, 0.3) is 0 Å². The first kappa shape index (κ1) is 13.5. The zero-order valence-electron chi connectivity index (χ0n) is 11.9. The maximum absolute atomic E-state index is 3.44. The Morgan fingerprint density at radius 1 is 1.17 bits per heavy atom. The maximum Gasteiger partial charge on any atom is 0.0234 e. The second-order valence-electron chi connectivity index (χ2n) is 5.52. The minimum atomic E-state index is 1.03. The van der Waals surface area contributed by atoms with Crippen molar-refractivity contribution in [3.63, 3.8) is 0 Å². The summed E-state index contributed by atoms with van der Waals surface area (Å²) in [6.45, 7) is 5.45. The molecule has 0 atom stereocenters. The normalized spacial score (nSPS) is 15.2. The summed E-state index contributed by atoms with van der Waals surface area (Å²) >= 11 is 0. The second kappa shape index (κ2) is 6.32. The van der Waals surface area contributed by atoms with Gasteiger partial charge in [0.05, 0.1) is 0 Å². The molecule has 0 fully saturated rings. The first-order chi connectivity index (χ1) is 8.66. The predicted molar refractivity (Wildman–Crippen MR) is 76.7 cm³/mol. The molecule has 0 saturated carbocycles. The number of fused-ring (bicyclic) bond motifs is 1. The minimum absolute atomic E-state index is 1.03. The SMILES string of the molecule is CN(C)CCN(C)Cc1cccc2c1CCNC2. The van der Waals surface area contributed by atoms with Crippen LogP contribution in [-0.4, -0.2) is 50.6 Å². The Morgan fingerprint density at radius 3 is 2.78 bits per heavy atom. The van der Waals surface area contributed by atoms with E-state index in [9.17, 15) is 0 Å². The van der Waals surface area contributed by atoms with Gasteiger partial charge >= 0.3 is 0 Å². The van der Waals surface area contributed by atoms with E-state index in [-0.39, 0.29) is 0 Å². The molecule has 0 unspecified atom stereocenters. The molecule has 0 spiro atoms. The van der Waals surface area contributed by atoms with Crippen molar-refractivity contribution in [2.45, 2.75) is 19.5 Å². The zero-order chi connectivity index (χ0) is 13.0. The van der Waals surface area contributed by atoms with Gasteiger partial charge in [-0.25, -0.2) is 0 Å². The van der Waals surface area contributed by atoms with E-state index in [0.29, 0.717) is 0 Å². The lowest BCUT2D eigenvalue weighted by Crippen LogP contribution is -2.30. The Bertz CT molecular complexity index is 387. The molecule has 1 aromatic rings. The van der Waals surface area contributed by atoms with Gasteiger partial charge < -0.3 is 15.1 Å². The molecule has 0 aromatic heterocycles. The van der Waals surface area contributed by atoms with Crippen molar-refractivity contribution in [2.24, 2.45) is 0 Å². The first-order valence-electron chi connectivity index (χ1n) is 6.80. The molecule has 0 amide bonds. The molecule has 1 N–H and O–H groups in total. The molecule has 0 radical (unpaired) electrons. The molecular weight excluding hydrogens is 222 g/mol. The van der Waals surface area contributed by atoms with Gasteiger partial charge in [-0.1, -0.05) is 18.2 Å². The summed E-state index contributed by atoms with van der Waals surface area (Å²) in [6, 6.07) is 6.74. The Morgan fingerprint density at radius 2 is 2.00 bits per heavy atom. The van der Waals surface area contributed by atoms with Crippen molar-refractivity contribution in [1.82, 2.24) is 15.1 Å². The van der Waals surface area contributed by atoms with Crippen LogP contribution in [0.15, 0.2) is 18.2 Å². The second-order valence-corrected chi connectivity index (χ2v) is 5.52. The number of benzene rings is 1. The van der Waals surface area contributed by atoms with Crippen LogP contribution in [0.4, 0.5) is 0 Å². The fraction of sp³-hybridized carbons (Fsp3) is 0.600. The van der Waals surface area contributed by atoms with E-state index in [0.717, 1.165) is 32.7 Å². The third-order valence-electron chi connectivity index (χ3n) is 3.61. The molecule has 2 rings (SSSR count). The van der Waals surface area contributed by atoms with Crippen molar-refractivity contribution < 1.29 is 0 Å². The van der Waals surface area contributed by atoms with Crippen LogP contribution >= 0.6 is 0 Å². The summed E-state index contributed by atoms with van der Waals surface area (Å²) in [7, 11) is 6.47. The van der Waals surface area contributed by atoms with E-state index < -0.39 is 0 Å². The van der Waals surface area contributed by atoms with Crippen LogP contribution in [0.1, 0.15) is 16.7 Å². The Hall–Kier alpha value is -0.900. The van der Waals surface area contributed by atoms with Crippen LogP contribution in [0.25, 0.3) is 0 Å². The monoisotopic (exact) mass is 247 g/mol. The molecule has 18 heavy (non-hydrogen) atoms. The Balaban J connectivity index is 2.00. The summed E-state index contributed by atoms with van der Waals surface area (Å²) < 4.78 is 0. The average Bonchev–Trinajstić information content (AvgIpc) is 2.37. The van der Waals surface area contributed by atoms with Crippen LogP contribution in [0, 0.1) is 0 Å². The van der Waals surface area contributed by atoms with E-state index in [1.807, 2.05) is 0 Å². The molecule has 0 aliphatic carbocycles. The number of rotatable bonds is 5. The molecule has 1 aliphatic heterocycles. The topological polar surface area (TPSA) is 18.5 Å². The van der Waals surface area contributed by atoms with Gasteiger partial charge in [-0.15, -0.1) is 0 Å². The van der Waals surface area contributed by atoms with Gasteiger partial charge in [0.1, 0.15) is 0 Å². The highest BCUT2D eigenvalue weighted by molar-refractivity contribution is 5.36. The number of nitrogens with zero attached hydrogens (tertiary/aromatic N) is 2. The standard InChI is InChI=1S/C15H25N3/c1-17(2)9-10-18(3)12-14-6-4-5-13-11-16-8-7-15(13)14/h4-6,16H,7-12H2,1-3H3. The first-order valence-corrected chi connectivity index (χ1v) is 6.80. The van der Waals surface area contributed by atoms with Gasteiger partial charge in [-0.2, -0.15) is 0 Å². The van der Waals surface area contributed by atoms with Gasteiger partial charge in [-0.3, -0.25) is 0 Å². The highest BCUT2D eigenvalue weighted by Crippen LogP contribution is 2.19. The van der Waals surface area contributed by atoms with E-state index >= 15 is 0 Å². The Labute approximate surface area is 111 Å². The van der Waals surface area contributed by atoms with Crippen LogP contribution in [-0.2, 0) is 19.5 Å². The molecular formula is C15H25N3. The zero-order valence-corrected chi connectivity index (χ0v) is 11.9. The highest BCUT2D eigenvalue weighted by Gasteiger charge is 2.13. The number of nitrogens with one attached hydrogen (secondary N) is 1. The largest absolute Gasteiger partial charge is 0.312 e. The third-order valence-corrected chi connectivity index (χ3v) is 3.61. The van der Waals surface area contributed by atoms with Crippen molar-refractivity contribution in [3.05, 3.63) is 34.9 Å². The molecule has 3 heteroatoms.